The van der Waals surface area contributed by atoms with Crippen molar-refractivity contribution in [2.75, 3.05) is 18.4 Å². The first-order valence-electron chi connectivity index (χ1n) is 7.19. The fourth-order valence-corrected chi connectivity index (χ4v) is 2.51. The summed E-state index contributed by atoms with van der Waals surface area (Å²) in [4.78, 5) is 14.2. The normalized spacial score (nSPS) is 18.1. The molecular weight excluding hydrogens is 281 g/mol. The predicted molar refractivity (Wildman–Crippen MR) is 74.4 cm³/mol. The highest BCUT2D eigenvalue weighted by Gasteiger charge is 2.23. The second-order valence-electron chi connectivity index (χ2n) is 5.34. The molecule has 1 atom stereocenters. The zero-order chi connectivity index (χ0) is 15.4. The Morgan fingerprint density at radius 2 is 1.71 bits per heavy atom. The molecule has 0 radical (unpaired) electrons. The molecule has 0 aromatic heterocycles. The Hall–Kier alpha value is -1.56. The molecule has 6 heteroatoms. The van der Waals surface area contributed by atoms with Crippen molar-refractivity contribution >= 4 is 11.6 Å². The van der Waals surface area contributed by atoms with Gasteiger partial charge in [-0.3, -0.25) is 9.69 Å². The van der Waals surface area contributed by atoms with Gasteiger partial charge in [-0.2, -0.15) is 0 Å². The van der Waals surface area contributed by atoms with Crippen LogP contribution in [0.2, 0.25) is 0 Å². The van der Waals surface area contributed by atoms with Crippen LogP contribution < -0.4 is 5.32 Å². The van der Waals surface area contributed by atoms with Crippen molar-refractivity contribution in [3.8, 4) is 0 Å². The van der Waals surface area contributed by atoms with Crippen LogP contribution in [-0.4, -0.2) is 29.9 Å². The minimum atomic E-state index is -1.57. The van der Waals surface area contributed by atoms with Crippen molar-refractivity contribution in [1.29, 1.82) is 0 Å². The molecule has 3 nitrogen and oxygen atoms in total. The molecule has 1 N–H and O–H groups in total. The van der Waals surface area contributed by atoms with Crippen LogP contribution >= 0.6 is 0 Å². The number of hydrogen-bond acceptors (Lipinski definition) is 2. The number of nitrogens with one attached hydrogen (secondary N) is 1. The lowest BCUT2D eigenvalue weighted by Gasteiger charge is -2.26. The molecule has 1 aliphatic heterocycles. The number of nitrogens with zero attached hydrogens (tertiary/aromatic N) is 1. The number of carbonyl (C=O) groups excluding carboxylic acids is 1. The van der Waals surface area contributed by atoms with Gasteiger partial charge in [-0.15, -0.1) is 0 Å². The third-order valence-corrected chi connectivity index (χ3v) is 3.86. The highest BCUT2D eigenvalue weighted by molar-refractivity contribution is 5.94. The van der Waals surface area contributed by atoms with E-state index in [0.29, 0.717) is 0 Å². The Morgan fingerprint density at radius 1 is 1.10 bits per heavy atom. The van der Waals surface area contributed by atoms with Gasteiger partial charge in [-0.25, -0.2) is 13.2 Å². The third kappa shape index (κ3) is 3.75. The van der Waals surface area contributed by atoms with Crippen LogP contribution in [0.4, 0.5) is 18.9 Å². The molecule has 21 heavy (non-hydrogen) atoms. The third-order valence-electron chi connectivity index (χ3n) is 3.86. The molecule has 1 aromatic carbocycles. The zero-order valence-corrected chi connectivity index (χ0v) is 12.0. The standard InChI is InChI=1S/C15H19F3N2O/c1-10(20-8-4-2-3-5-9-20)15(21)19-12-7-6-11(16)13(17)14(12)18/h6-7,10H,2-5,8-9H2,1H3,(H,19,21)/t10-/m1/s1. The summed E-state index contributed by atoms with van der Waals surface area (Å²) in [5.74, 6) is -4.63. The number of benzene rings is 1. The fraction of sp³-hybridized carbons (Fsp3) is 0.533. The van der Waals surface area contributed by atoms with Crippen molar-refractivity contribution in [1.82, 2.24) is 4.90 Å². The van der Waals surface area contributed by atoms with Gasteiger partial charge in [0.1, 0.15) is 0 Å². The SMILES string of the molecule is C[C@H](C(=O)Nc1ccc(F)c(F)c1F)N1CCCCCC1. The fourth-order valence-electron chi connectivity index (χ4n) is 2.51. The summed E-state index contributed by atoms with van der Waals surface area (Å²) in [5, 5.41) is 2.33. The molecule has 0 saturated carbocycles. The van der Waals surface area contributed by atoms with Gasteiger partial charge < -0.3 is 5.32 Å². The molecule has 1 saturated heterocycles. The van der Waals surface area contributed by atoms with Gasteiger partial charge in [-0.05, 0) is 45.0 Å². The smallest absolute Gasteiger partial charge is 0.241 e. The average molecular weight is 300 g/mol. The van der Waals surface area contributed by atoms with Crippen molar-refractivity contribution in [2.24, 2.45) is 0 Å². The quantitative estimate of drug-likeness (QED) is 0.869. The maximum atomic E-state index is 13.6. The average Bonchev–Trinajstić information content (AvgIpc) is 2.76. The van der Waals surface area contributed by atoms with Gasteiger partial charge in [0.15, 0.2) is 17.5 Å². The summed E-state index contributed by atoms with van der Waals surface area (Å²) in [6.07, 6.45) is 4.33. The maximum absolute atomic E-state index is 13.6. The monoisotopic (exact) mass is 300 g/mol. The van der Waals surface area contributed by atoms with Crippen molar-refractivity contribution in [2.45, 2.75) is 38.6 Å². The van der Waals surface area contributed by atoms with Crippen LogP contribution in [0.3, 0.4) is 0 Å². The Kier molecular flexibility index (Phi) is 5.22. The second kappa shape index (κ2) is 6.93. The van der Waals surface area contributed by atoms with Crippen LogP contribution in [0.5, 0.6) is 0 Å². The van der Waals surface area contributed by atoms with Gasteiger partial charge in [0, 0.05) is 0 Å². The molecule has 1 heterocycles. The summed E-state index contributed by atoms with van der Waals surface area (Å²) >= 11 is 0. The maximum Gasteiger partial charge on any atom is 0.241 e. The number of anilines is 1. The molecular formula is C15H19F3N2O. The molecule has 0 bridgehead atoms. The van der Waals surface area contributed by atoms with E-state index in [-0.39, 0.29) is 5.69 Å². The van der Waals surface area contributed by atoms with Crippen LogP contribution in [0.1, 0.15) is 32.6 Å². The lowest BCUT2D eigenvalue weighted by Crippen LogP contribution is -2.42. The van der Waals surface area contributed by atoms with E-state index in [1.54, 1.807) is 6.92 Å². The van der Waals surface area contributed by atoms with E-state index in [9.17, 15) is 18.0 Å². The molecule has 0 spiro atoms. The van der Waals surface area contributed by atoms with Gasteiger partial charge >= 0.3 is 0 Å². The first kappa shape index (κ1) is 15.8. The van der Waals surface area contributed by atoms with Crippen molar-refractivity contribution in [3.63, 3.8) is 0 Å². The van der Waals surface area contributed by atoms with Crippen LogP contribution in [0.15, 0.2) is 12.1 Å². The van der Waals surface area contributed by atoms with Crippen molar-refractivity contribution < 1.29 is 18.0 Å². The number of halogens is 3. The van der Waals surface area contributed by atoms with E-state index in [2.05, 4.69) is 5.32 Å². The lowest BCUT2D eigenvalue weighted by atomic mass is 10.2. The van der Waals surface area contributed by atoms with E-state index in [4.69, 9.17) is 0 Å². The molecule has 1 amide bonds. The molecule has 116 valence electrons. The first-order valence-corrected chi connectivity index (χ1v) is 7.19. The summed E-state index contributed by atoms with van der Waals surface area (Å²) < 4.78 is 39.5. The molecule has 0 unspecified atom stereocenters. The number of carbonyl (C=O) groups is 1. The Balaban J connectivity index is 2.05. The predicted octanol–water partition coefficient (Wildman–Crippen LogP) is 3.31. The Morgan fingerprint density at radius 3 is 2.33 bits per heavy atom. The van der Waals surface area contributed by atoms with Gasteiger partial charge in [-0.1, -0.05) is 12.8 Å². The first-order chi connectivity index (χ1) is 10.0. The summed E-state index contributed by atoms with van der Waals surface area (Å²) in [5.41, 5.74) is -0.333. The van der Waals surface area contributed by atoms with Crippen molar-refractivity contribution in [3.05, 3.63) is 29.6 Å². The summed E-state index contributed by atoms with van der Waals surface area (Å²) in [7, 11) is 0. The lowest BCUT2D eigenvalue weighted by molar-refractivity contribution is -0.120. The topological polar surface area (TPSA) is 32.3 Å². The van der Waals surface area contributed by atoms with Gasteiger partial charge in [0.2, 0.25) is 5.91 Å². The van der Waals surface area contributed by atoms with Gasteiger partial charge in [0.25, 0.3) is 0 Å². The zero-order valence-electron chi connectivity index (χ0n) is 12.0. The highest BCUT2D eigenvalue weighted by atomic mass is 19.2. The van der Waals surface area contributed by atoms with E-state index in [1.165, 1.54) is 0 Å². The van der Waals surface area contributed by atoms with E-state index in [1.807, 2.05) is 4.90 Å². The van der Waals surface area contributed by atoms with E-state index in [0.717, 1.165) is 50.9 Å². The van der Waals surface area contributed by atoms with Crippen LogP contribution in [-0.2, 0) is 4.79 Å². The minimum Gasteiger partial charge on any atom is -0.322 e. The summed E-state index contributed by atoms with van der Waals surface area (Å²) in [6.45, 7) is 3.36. The largest absolute Gasteiger partial charge is 0.322 e. The Bertz CT molecular complexity index is 514. The number of likely N-dealkylation sites (tertiary alicyclic amines) is 1. The number of amides is 1. The minimum absolute atomic E-state index is 0.333. The molecule has 1 aliphatic rings. The molecule has 1 fully saturated rings. The summed E-state index contributed by atoms with van der Waals surface area (Å²) in [6, 6.07) is 1.39. The number of hydrogen-bond donors (Lipinski definition) is 1. The molecule has 0 aliphatic carbocycles. The van der Waals surface area contributed by atoms with Gasteiger partial charge in [0.05, 0.1) is 11.7 Å². The number of rotatable bonds is 3. The van der Waals surface area contributed by atoms with E-state index < -0.39 is 29.4 Å². The molecule has 2 rings (SSSR count). The van der Waals surface area contributed by atoms with Crippen LogP contribution in [0, 0.1) is 17.5 Å². The van der Waals surface area contributed by atoms with Crippen LogP contribution in [0.25, 0.3) is 0 Å². The van der Waals surface area contributed by atoms with E-state index >= 15 is 0 Å². The second-order valence-corrected chi connectivity index (χ2v) is 5.34. The Labute approximate surface area is 122 Å². The molecule has 1 aromatic rings. The highest BCUT2D eigenvalue weighted by Crippen LogP contribution is 2.20.